The fourth-order valence-electron chi connectivity index (χ4n) is 4.26. The van der Waals surface area contributed by atoms with Crippen LogP contribution in [0.4, 0.5) is 10.3 Å². The van der Waals surface area contributed by atoms with Crippen molar-refractivity contribution < 1.29 is 4.39 Å². The van der Waals surface area contributed by atoms with Crippen molar-refractivity contribution in [1.29, 1.82) is 0 Å². The van der Waals surface area contributed by atoms with Crippen LogP contribution in [0.2, 0.25) is 0 Å². The number of benzene rings is 2. The van der Waals surface area contributed by atoms with E-state index in [1.165, 1.54) is 12.1 Å². The SMILES string of the molecule is C[C@H](Nc1nccc(-n2cc(C3CCNCC3)nc2-c2ccc(F)cc2)n1)c1ccccc1. The molecule has 0 amide bonds. The number of hydrogen-bond donors (Lipinski definition) is 2. The van der Waals surface area contributed by atoms with Crippen molar-refractivity contribution in [2.75, 3.05) is 18.4 Å². The van der Waals surface area contributed by atoms with Crippen LogP contribution in [0, 0.1) is 5.82 Å². The molecule has 1 aliphatic heterocycles. The van der Waals surface area contributed by atoms with Crippen LogP contribution in [0.5, 0.6) is 0 Å². The number of halogens is 1. The van der Waals surface area contributed by atoms with E-state index < -0.39 is 0 Å². The van der Waals surface area contributed by atoms with E-state index in [9.17, 15) is 4.39 Å². The molecule has 0 aliphatic carbocycles. The summed E-state index contributed by atoms with van der Waals surface area (Å²) in [6, 6.07) is 18.6. The molecule has 0 radical (unpaired) electrons. The highest BCUT2D eigenvalue weighted by atomic mass is 19.1. The van der Waals surface area contributed by atoms with Gasteiger partial charge in [-0.1, -0.05) is 30.3 Å². The molecule has 4 aromatic rings. The monoisotopic (exact) mass is 442 g/mol. The highest BCUT2D eigenvalue weighted by molar-refractivity contribution is 5.59. The second-order valence-electron chi connectivity index (χ2n) is 8.41. The summed E-state index contributed by atoms with van der Waals surface area (Å²) in [6.45, 7) is 4.06. The topological polar surface area (TPSA) is 67.7 Å². The molecule has 2 aromatic carbocycles. The molecular weight excluding hydrogens is 415 g/mol. The third kappa shape index (κ3) is 4.78. The van der Waals surface area contributed by atoms with Gasteiger partial charge in [-0.3, -0.25) is 4.57 Å². The molecule has 0 spiro atoms. The van der Waals surface area contributed by atoms with Gasteiger partial charge in [-0.25, -0.2) is 14.4 Å². The van der Waals surface area contributed by atoms with Crippen molar-refractivity contribution >= 4 is 5.95 Å². The molecule has 0 saturated carbocycles. The Morgan fingerprint density at radius 3 is 2.52 bits per heavy atom. The smallest absolute Gasteiger partial charge is 0.225 e. The zero-order valence-corrected chi connectivity index (χ0v) is 18.6. The lowest BCUT2D eigenvalue weighted by molar-refractivity contribution is 0.454. The molecule has 2 aromatic heterocycles. The Hall–Kier alpha value is -3.58. The minimum atomic E-state index is -0.265. The first-order chi connectivity index (χ1) is 16.2. The lowest BCUT2D eigenvalue weighted by atomic mass is 9.95. The average Bonchev–Trinajstić information content (AvgIpc) is 3.31. The van der Waals surface area contributed by atoms with E-state index in [1.807, 2.05) is 28.8 Å². The van der Waals surface area contributed by atoms with Crippen LogP contribution < -0.4 is 10.6 Å². The molecule has 168 valence electrons. The Labute approximate surface area is 192 Å². The fraction of sp³-hybridized carbons (Fsp3) is 0.269. The van der Waals surface area contributed by atoms with Crippen molar-refractivity contribution in [3.63, 3.8) is 0 Å². The number of imidazole rings is 1. The highest BCUT2D eigenvalue weighted by Gasteiger charge is 2.22. The first-order valence-corrected chi connectivity index (χ1v) is 11.4. The van der Waals surface area contributed by atoms with Gasteiger partial charge in [-0.05, 0) is 68.8 Å². The van der Waals surface area contributed by atoms with E-state index in [0.29, 0.717) is 11.9 Å². The van der Waals surface area contributed by atoms with E-state index in [0.717, 1.165) is 54.4 Å². The van der Waals surface area contributed by atoms with E-state index >= 15 is 0 Å². The summed E-state index contributed by atoms with van der Waals surface area (Å²) in [6.07, 6.45) is 5.92. The van der Waals surface area contributed by atoms with Gasteiger partial charge in [-0.15, -0.1) is 0 Å². The molecule has 7 heteroatoms. The molecular formula is C26H27FN6. The van der Waals surface area contributed by atoms with Crippen molar-refractivity contribution in [2.45, 2.75) is 31.7 Å². The number of rotatable bonds is 6. The summed E-state index contributed by atoms with van der Waals surface area (Å²) < 4.78 is 15.6. The first-order valence-electron chi connectivity index (χ1n) is 11.4. The van der Waals surface area contributed by atoms with Gasteiger partial charge in [0.05, 0.1) is 11.7 Å². The quantitative estimate of drug-likeness (QED) is 0.434. The van der Waals surface area contributed by atoms with Crippen LogP contribution in [0.15, 0.2) is 73.1 Å². The standard InChI is InChI=1S/C26H27FN6/c1-18(19-5-3-2-4-6-19)30-26-29-16-13-24(32-26)33-17-23(20-11-14-28-15-12-20)31-25(33)21-7-9-22(27)10-8-21/h2-10,13,16-18,20,28H,11-12,14-15H2,1H3,(H,29,30,32)/t18-/m0/s1. The van der Waals surface area contributed by atoms with Crippen LogP contribution in [0.1, 0.15) is 43.0 Å². The summed E-state index contributed by atoms with van der Waals surface area (Å²) in [7, 11) is 0. The second-order valence-corrected chi connectivity index (χ2v) is 8.41. The molecule has 1 saturated heterocycles. The third-order valence-corrected chi connectivity index (χ3v) is 6.12. The molecule has 6 nitrogen and oxygen atoms in total. The third-order valence-electron chi connectivity index (χ3n) is 6.12. The van der Waals surface area contributed by atoms with E-state index in [-0.39, 0.29) is 11.9 Å². The summed E-state index contributed by atoms with van der Waals surface area (Å²) in [4.78, 5) is 14.2. The Balaban J connectivity index is 1.50. The Morgan fingerprint density at radius 2 is 1.76 bits per heavy atom. The lowest BCUT2D eigenvalue weighted by Gasteiger charge is -2.20. The molecule has 1 atom stereocenters. The summed E-state index contributed by atoms with van der Waals surface area (Å²) in [5.41, 5.74) is 3.05. The van der Waals surface area contributed by atoms with Crippen LogP contribution in [-0.4, -0.2) is 32.6 Å². The van der Waals surface area contributed by atoms with Crippen LogP contribution >= 0.6 is 0 Å². The fourth-order valence-corrected chi connectivity index (χ4v) is 4.26. The maximum Gasteiger partial charge on any atom is 0.225 e. The first kappa shape index (κ1) is 21.3. The zero-order valence-electron chi connectivity index (χ0n) is 18.6. The van der Waals surface area contributed by atoms with Crippen molar-refractivity contribution in [3.8, 4) is 17.2 Å². The van der Waals surface area contributed by atoms with E-state index in [1.54, 1.807) is 18.3 Å². The van der Waals surface area contributed by atoms with Crippen LogP contribution in [0.3, 0.4) is 0 Å². The van der Waals surface area contributed by atoms with Gasteiger partial charge >= 0.3 is 0 Å². The number of piperidine rings is 1. The predicted molar refractivity (Wildman–Crippen MR) is 128 cm³/mol. The van der Waals surface area contributed by atoms with Crippen LogP contribution in [-0.2, 0) is 0 Å². The summed E-state index contributed by atoms with van der Waals surface area (Å²) in [5, 5.41) is 6.80. The largest absolute Gasteiger partial charge is 0.348 e. The van der Waals surface area contributed by atoms with Crippen molar-refractivity contribution in [3.05, 3.63) is 90.1 Å². The molecule has 0 bridgehead atoms. The highest BCUT2D eigenvalue weighted by Crippen LogP contribution is 2.30. The molecule has 2 N–H and O–H groups in total. The molecule has 3 heterocycles. The second kappa shape index (κ2) is 9.50. The van der Waals surface area contributed by atoms with Crippen LogP contribution in [0.25, 0.3) is 17.2 Å². The van der Waals surface area contributed by atoms with Gasteiger partial charge in [0.2, 0.25) is 5.95 Å². The van der Waals surface area contributed by atoms with Gasteiger partial charge in [-0.2, -0.15) is 4.98 Å². The van der Waals surface area contributed by atoms with Gasteiger partial charge in [0, 0.05) is 23.9 Å². The molecule has 0 unspecified atom stereocenters. The minimum Gasteiger partial charge on any atom is -0.348 e. The van der Waals surface area contributed by atoms with Gasteiger partial charge in [0.25, 0.3) is 0 Å². The number of hydrogen-bond acceptors (Lipinski definition) is 5. The van der Waals surface area contributed by atoms with Gasteiger partial charge in [0.1, 0.15) is 17.5 Å². The van der Waals surface area contributed by atoms with Gasteiger partial charge in [0.15, 0.2) is 0 Å². The Morgan fingerprint density at radius 1 is 1.00 bits per heavy atom. The Bertz CT molecular complexity index is 1200. The average molecular weight is 443 g/mol. The molecule has 1 fully saturated rings. The predicted octanol–water partition coefficient (Wildman–Crippen LogP) is 5.11. The van der Waals surface area contributed by atoms with Crippen molar-refractivity contribution in [2.24, 2.45) is 0 Å². The summed E-state index contributed by atoms with van der Waals surface area (Å²) in [5.74, 6) is 2.15. The van der Waals surface area contributed by atoms with Gasteiger partial charge < -0.3 is 10.6 Å². The number of anilines is 1. The zero-order chi connectivity index (χ0) is 22.6. The number of aromatic nitrogens is 4. The maximum atomic E-state index is 13.6. The maximum absolute atomic E-state index is 13.6. The number of nitrogens with zero attached hydrogens (tertiary/aromatic N) is 4. The molecule has 33 heavy (non-hydrogen) atoms. The normalized spacial score (nSPS) is 15.3. The van der Waals surface area contributed by atoms with Crippen molar-refractivity contribution in [1.82, 2.24) is 24.8 Å². The molecule has 5 rings (SSSR count). The van der Waals surface area contributed by atoms with E-state index in [4.69, 9.17) is 9.97 Å². The minimum absolute atomic E-state index is 0.0612. The van der Waals surface area contributed by atoms with E-state index in [2.05, 4.69) is 40.9 Å². The molecule has 1 aliphatic rings. The lowest BCUT2D eigenvalue weighted by Crippen LogP contribution is -2.26. The number of nitrogens with one attached hydrogen (secondary N) is 2. The summed E-state index contributed by atoms with van der Waals surface area (Å²) >= 11 is 0. The Kier molecular flexibility index (Phi) is 6.13.